The van der Waals surface area contributed by atoms with Crippen LogP contribution in [0.2, 0.25) is 0 Å². The van der Waals surface area contributed by atoms with Crippen molar-refractivity contribution < 1.29 is 8.42 Å². The molecule has 0 bridgehead atoms. The van der Waals surface area contributed by atoms with Crippen LogP contribution in [0.3, 0.4) is 0 Å². The summed E-state index contributed by atoms with van der Waals surface area (Å²) in [6, 6.07) is 5.42. The largest absolute Gasteiger partial charge is 0.320 e. The Bertz CT molecular complexity index is 564. The van der Waals surface area contributed by atoms with E-state index < -0.39 is 9.84 Å². The van der Waals surface area contributed by atoms with Crippen LogP contribution in [-0.2, 0) is 9.84 Å². The fourth-order valence-corrected chi connectivity index (χ4v) is 4.02. The van der Waals surface area contributed by atoms with Gasteiger partial charge in [-0.1, -0.05) is 22.0 Å². The molecule has 0 aromatic heterocycles. The topological polar surface area (TPSA) is 46.2 Å². The molecule has 1 aliphatic rings. The standard InChI is InChI=1S/C12H14BrNO2S/c1-14-6-2-3-9-8-17(15,16)12-7-10(13)4-5-11(9)12/h4-5,7-8,14H,2-3,6H2,1H3. The molecule has 0 saturated heterocycles. The highest BCUT2D eigenvalue weighted by atomic mass is 79.9. The normalized spacial score (nSPS) is 16.7. The molecule has 0 saturated carbocycles. The molecule has 0 spiro atoms. The third-order valence-corrected chi connectivity index (χ3v) is 4.81. The number of hydrogen-bond acceptors (Lipinski definition) is 3. The first-order valence-corrected chi connectivity index (χ1v) is 7.79. The van der Waals surface area contributed by atoms with Gasteiger partial charge in [-0.15, -0.1) is 0 Å². The predicted octanol–water partition coefficient (Wildman–Crippen LogP) is 2.58. The molecule has 0 aliphatic carbocycles. The summed E-state index contributed by atoms with van der Waals surface area (Å²) >= 11 is 3.30. The lowest BCUT2D eigenvalue weighted by molar-refractivity contribution is 0.605. The minimum atomic E-state index is -3.23. The Labute approximate surface area is 110 Å². The molecule has 0 atom stereocenters. The smallest absolute Gasteiger partial charge is 0.200 e. The number of hydrogen-bond donors (Lipinski definition) is 1. The van der Waals surface area contributed by atoms with Crippen molar-refractivity contribution in [2.24, 2.45) is 0 Å². The van der Waals surface area contributed by atoms with E-state index in [0.29, 0.717) is 4.90 Å². The highest BCUT2D eigenvalue weighted by Crippen LogP contribution is 2.37. The molecule has 1 aliphatic heterocycles. The van der Waals surface area contributed by atoms with E-state index in [1.165, 1.54) is 5.41 Å². The summed E-state index contributed by atoms with van der Waals surface area (Å²) in [4.78, 5) is 0.423. The Hall–Kier alpha value is -0.650. The Balaban J connectivity index is 2.33. The van der Waals surface area contributed by atoms with Crippen LogP contribution in [0.5, 0.6) is 0 Å². The molecule has 3 nitrogen and oxygen atoms in total. The lowest BCUT2D eigenvalue weighted by Gasteiger charge is -2.04. The average molecular weight is 316 g/mol. The number of allylic oxidation sites excluding steroid dienone is 1. The second-order valence-electron chi connectivity index (χ2n) is 4.04. The monoisotopic (exact) mass is 315 g/mol. The van der Waals surface area contributed by atoms with Gasteiger partial charge in [0.1, 0.15) is 0 Å². The molecular weight excluding hydrogens is 302 g/mol. The number of nitrogens with one attached hydrogen (secondary N) is 1. The molecule has 1 aromatic carbocycles. The van der Waals surface area contributed by atoms with Crippen molar-refractivity contribution in [3.63, 3.8) is 0 Å². The van der Waals surface area contributed by atoms with Crippen LogP contribution in [-0.4, -0.2) is 22.0 Å². The van der Waals surface area contributed by atoms with Gasteiger partial charge in [-0.25, -0.2) is 8.42 Å². The SMILES string of the molecule is CNCCCC1=CS(=O)(=O)c2cc(Br)ccc21. The van der Waals surface area contributed by atoms with Crippen molar-refractivity contribution in [3.8, 4) is 0 Å². The van der Waals surface area contributed by atoms with Crippen LogP contribution in [0.15, 0.2) is 33.0 Å². The predicted molar refractivity (Wildman–Crippen MR) is 72.5 cm³/mol. The minimum absolute atomic E-state index is 0.423. The zero-order valence-electron chi connectivity index (χ0n) is 9.53. The molecular formula is C12H14BrNO2S. The van der Waals surface area contributed by atoms with E-state index in [2.05, 4.69) is 21.2 Å². The van der Waals surface area contributed by atoms with Crippen molar-refractivity contribution in [2.75, 3.05) is 13.6 Å². The summed E-state index contributed by atoms with van der Waals surface area (Å²) in [7, 11) is -1.33. The van der Waals surface area contributed by atoms with E-state index >= 15 is 0 Å². The van der Waals surface area contributed by atoms with Crippen molar-refractivity contribution >= 4 is 31.3 Å². The van der Waals surface area contributed by atoms with Gasteiger partial charge in [-0.2, -0.15) is 0 Å². The van der Waals surface area contributed by atoms with Crippen molar-refractivity contribution in [2.45, 2.75) is 17.7 Å². The Kier molecular flexibility index (Phi) is 3.70. The number of rotatable bonds is 4. The van der Waals surface area contributed by atoms with Crippen LogP contribution in [0.25, 0.3) is 5.57 Å². The van der Waals surface area contributed by atoms with Crippen molar-refractivity contribution in [1.29, 1.82) is 0 Å². The Morgan fingerprint density at radius 1 is 1.35 bits per heavy atom. The number of halogens is 1. The van der Waals surface area contributed by atoms with E-state index in [1.807, 2.05) is 19.2 Å². The summed E-state index contributed by atoms with van der Waals surface area (Å²) in [5, 5.41) is 4.46. The van der Waals surface area contributed by atoms with Crippen molar-refractivity contribution in [3.05, 3.63) is 33.6 Å². The second kappa shape index (κ2) is 4.92. The first-order chi connectivity index (χ1) is 8.04. The minimum Gasteiger partial charge on any atom is -0.320 e. The van der Waals surface area contributed by atoms with Gasteiger partial charge < -0.3 is 5.32 Å². The molecule has 0 amide bonds. The maximum atomic E-state index is 11.9. The zero-order chi connectivity index (χ0) is 12.5. The molecule has 17 heavy (non-hydrogen) atoms. The quantitative estimate of drug-likeness (QED) is 0.869. The van der Waals surface area contributed by atoms with Crippen LogP contribution < -0.4 is 5.32 Å². The summed E-state index contributed by atoms with van der Waals surface area (Å²) in [5.74, 6) is 0. The Morgan fingerprint density at radius 2 is 2.12 bits per heavy atom. The molecule has 1 aromatic rings. The van der Waals surface area contributed by atoms with Gasteiger partial charge in [0.15, 0.2) is 0 Å². The van der Waals surface area contributed by atoms with E-state index in [0.717, 1.165) is 35.0 Å². The highest BCUT2D eigenvalue weighted by Gasteiger charge is 2.26. The molecule has 92 valence electrons. The molecule has 5 heteroatoms. The molecule has 1 heterocycles. The first kappa shape index (κ1) is 12.8. The summed E-state index contributed by atoms with van der Waals surface area (Å²) in [5.41, 5.74) is 1.77. The van der Waals surface area contributed by atoms with Gasteiger partial charge >= 0.3 is 0 Å². The van der Waals surface area contributed by atoms with Crippen molar-refractivity contribution in [1.82, 2.24) is 5.32 Å². The number of benzene rings is 1. The molecule has 0 unspecified atom stereocenters. The van der Waals surface area contributed by atoms with Gasteiger partial charge in [0.25, 0.3) is 0 Å². The van der Waals surface area contributed by atoms with Crippen LogP contribution in [0.4, 0.5) is 0 Å². The molecule has 0 fully saturated rings. The second-order valence-corrected chi connectivity index (χ2v) is 6.72. The molecule has 0 radical (unpaired) electrons. The average Bonchev–Trinajstić information content (AvgIpc) is 2.51. The van der Waals surface area contributed by atoms with Gasteiger partial charge in [0.2, 0.25) is 9.84 Å². The fourth-order valence-electron chi connectivity index (χ4n) is 1.96. The van der Waals surface area contributed by atoms with E-state index in [4.69, 9.17) is 0 Å². The van der Waals surface area contributed by atoms with Crippen LogP contribution in [0, 0.1) is 0 Å². The van der Waals surface area contributed by atoms with Gasteiger partial charge in [0.05, 0.1) is 4.90 Å². The zero-order valence-corrected chi connectivity index (χ0v) is 11.9. The van der Waals surface area contributed by atoms with E-state index in [-0.39, 0.29) is 0 Å². The summed E-state index contributed by atoms with van der Waals surface area (Å²) < 4.78 is 24.7. The summed E-state index contributed by atoms with van der Waals surface area (Å²) in [6.45, 7) is 0.892. The fraction of sp³-hybridized carbons (Fsp3) is 0.333. The number of sulfone groups is 1. The van der Waals surface area contributed by atoms with Gasteiger partial charge in [-0.3, -0.25) is 0 Å². The van der Waals surface area contributed by atoms with Crippen LogP contribution in [0.1, 0.15) is 18.4 Å². The first-order valence-electron chi connectivity index (χ1n) is 5.45. The number of fused-ring (bicyclic) bond motifs is 1. The third-order valence-electron chi connectivity index (χ3n) is 2.77. The van der Waals surface area contributed by atoms with E-state index in [1.54, 1.807) is 6.07 Å². The van der Waals surface area contributed by atoms with Crippen LogP contribution >= 0.6 is 15.9 Å². The molecule has 2 rings (SSSR count). The molecule has 1 N–H and O–H groups in total. The maximum Gasteiger partial charge on any atom is 0.200 e. The van der Waals surface area contributed by atoms with Gasteiger partial charge in [0, 0.05) is 9.88 Å². The Morgan fingerprint density at radius 3 is 2.82 bits per heavy atom. The maximum absolute atomic E-state index is 11.9. The third kappa shape index (κ3) is 2.61. The summed E-state index contributed by atoms with van der Waals surface area (Å²) in [6.07, 6.45) is 1.72. The highest BCUT2D eigenvalue weighted by molar-refractivity contribution is 9.10. The lowest BCUT2D eigenvalue weighted by Crippen LogP contribution is -2.07. The van der Waals surface area contributed by atoms with E-state index in [9.17, 15) is 8.42 Å². The lowest BCUT2D eigenvalue weighted by atomic mass is 10.0. The van der Waals surface area contributed by atoms with Gasteiger partial charge in [-0.05, 0) is 49.7 Å².